The van der Waals surface area contributed by atoms with E-state index in [0.717, 1.165) is 39.1 Å². The number of benzene rings is 1. The van der Waals surface area contributed by atoms with Crippen LogP contribution in [0.4, 0.5) is 13.2 Å². The molecule has 4 rings (SSSR count). The number of carbonyl (C=O) groups is 2. The second-order valence-electron chi connectivity index (χ2n) is 8.83. The first-order valence-electron chi connectivity index (χ1n) is 10.0. The largest absolute Gasteiger partial charge is 0.490 e. The number of aliphatic carboxylic acids is 1. The second kappa shape index (κ2) is 8.68. The molecule has 4 aromatic rings. The average molecular weight is 460 g/mol. The summed E-state index contributed by atoms with van der Waals surface area (Å²) in [7, 11) is 0. The molecule has 3 aromatic heterocycles. The highest BCUT2D eigenvalue weighted by Crippen LogP contribution is 2.30. The number of alkyl halides is 3. The van der Waals surface area contributed by atoms with E-state index in [1.165, 1.54) is 0 Å². The number of hydrogen-bond acceptors (Lipinski definition) is 4. The van der Waals surface area contributed by atoms with E-state index in [-0.39, 0.29) is 11.2 Å². The van der Waals surface area contributed by atoms with Crippen molar-refractivity contribution in [1.82, 2.24) is 19.9 Å². The molecule has 0 unspecified atom stereocenters. The molecule has 10 heteroatoms. The van der Waals surface area contributed by atoms with E-state index in [1.807, 2.05) is 31.2 Å². The predicted molar refractivity (Wildman–Crippen MR) is 118 cm³/mol. The first kappa shape index (κ1) is 24.0. The monoisotopic (exact) mass is 460 g/mol. The van der Waals surface area contributed by atoms with Gasteiger partial charge in [0.25, 0.3) is 0 Å². The molecule has 0 fully saturated rings. The van der Waals surface area contributed by atoms with Gasteiger partial charge in [-0.05, 0) is 30.5 Å². The number of imidazole rings is 1. The van der Waals surface area contributed by atoms with Crippen molar-refractivity contribution in [2.75, 3.05) is 0 Å². The molecule has 0 radical (unpaired) electrons. The standard InChI is InChI=1S/C21H22N4O.C2HF3O2/c1-12-23-19-15(7-8-22-20(19)24-12)17-9-13-5-6-14(10-16(13)25-17)18(26)11-21(2,3)4;3-2(4,5)1(6)7/h5-10,25H,11H2,1-4H3,(H,22,23,24);(H,6,7). The summed E-state index contributed by atoms with van der Waals surface area (Å²) < 4.78 is 31.7. The van der Waals surface area contributed by atoms with Crippen LogP contribution in [0.5, 0.6) is 0 Å². The number of aromatic nitrogens is 4. The van der Waals surface area contributed by atoms with E-state index in [9.17, 15) is 18.0 Å². The van der Waals surface area contributed by atoms with Gasteiger partial charge in [-0.15, -0.1) is 0 Å². The van der Waals surface area contributed by atoms with Crippen LogP contribution in [0.2, 0.25) is 0 Å². The highest BCUT2D eigenvalue weighted by molar-refractivity contribution is 6.01. The number of aromatic amines is 2. The smallest absolute Gasteiger partial charge is 0.475 e. The number of carboxylic acid groups (broad SMARTS) is 1. The summed E-state index contributed by atoms with van der Waals surface area (Å²) in [5.74, 6) is -1.75. The molecule has 1 aromatic carbocycles. The summed E-state index contributed by atoms with van der Waals surface area (Å²) in [6.45, 7) is 8.16. The Morgan fingerprint density at radius 1 is 1.06 bits per heavy atom. The van der Waals surface area contributed by atoms with Crippen molar-refractivity contribution in [2.45, 2.75) is 40.3 Å². The van der Waals surface area contributed by atoms with Gasteiger partial charge < -0.3 is 15.1 Å². The van der Waals surface area contributed by atoms with Crippen molar-refractivity contribution in [2.24, 2.45) is 5.41 Å². The van der Waals surface area contributed by atoms with Crippen LogP contribution in [0.15, 0.2) is 36.5 Å². The number of fused-ring (bicyclic) bond motifs is 2. The fourth-order valence-corrected chi connectivity index (χ4v) is 3.28. The number of aryl methyl sites for hydroxylation is 1. The number of ketones is 1. The van der Waals surface area contributed by atoms with E-state index in [1.54, 1.807) is 6.20 Å². The van der Waals surface area contributed by atoms with Crippen molar-refractivity contribution in [3.05, 3.63) is 47.9 Å². The molecule has 0 saturated carbocycles. The number of hydrogen-bond donors (Lipinski definition) is 3. The minimum Gasteiger partial charge on any atom is -0.475 e. The molecule has 174 valence electrons. The third kappa shape index (κ3) is 5.76. The number of Topliss-reactive ketones (excluding diaryl/α,β-unsaturated/α-hetero) is 1. The Morgan fingerprint density at radius 3 is 2.33 bits per heavy atom. The molecule has 33 heavy (non-hydrogen) atoms. The van der Waals surface area contributed by atoms with Crippen molar-refractivity contribution >= 4 is 33.8 Å². The van der Waals surface area contributed by atoms with E-state index < -0.39 is 12.1 Å². The summed E-state index contributed by atoms with van der Waals surface area (Å²) in [4.78, 5) is 36.9. The predicted octanol–water partition coefficient (Wildman–Crippen LogP) is 5.67. The first-order chi connectivity index (χ1) is 15.2. The fourth-order valence-electron chi connectivity index (χ4n) is 3.28. The normalized spacial score (nSPS) is 12.0. The van der Waals surface area contributed by atoms with E-state index in [0.29, 0.717) is 12.1 Å². The maximum atomic E-state index is 12.5. The van der Waals surface area contributed by atoms with Crippen LogP contribution < -0.4 is 0 Å². The lowest BCUT2D eigenvalue weighted by molar-refractivity contribution is -0.192. The van der Waals surface area contributed by atoms with Gasteiger partial charge in [0.2, 0.25) is 0 Å². The number of nitrogens with one attached hydrogen (secondary N) is 2. The molecule has 0 aliphatic carbocycles. The lowest BCUT2D eigenvalue weighted by Gasteiger charge is -2.16. The third-order valence-electron chi connectivity index (χ3n) is 4.68. The Kier molecular flexibility index (Phi) is 6.31. The molecular weight excluding hydrogens is 437 g/mol. The van der Waals surface area contributed by atoms with Crippen LogP contribution in [0, 0.1) is 12.3 Å². The summed E-state index contributed by atoms with van der Waals surface area (Å²) >= 11 is 0. The van der Waals surface area contributed by atoms with Crippen molar-refractivity contribution < 1.29 is 27.9 Å². The zero-order chi connectivity index (χ0) is 24.6. The molecule has 0 aliphatic heterocycles. The van der Waals surface area contributed by atoms with Crippen LogP contribution in [0.1, 0.15) is 43.4 Å². The van der Waals surface area contributed by atoms with Gasteiger partial charge in [-0.3, -0.25) is 4.79 Å². The summed E-state index contributed by atoms with van der Waals surface area (Å²) in [5.41, 5.74) is 5.32. The Hall–Kier alpha value is -3.69. The number of H-pyrrole nitrogens is 2. The van der Waals surface area contributed by atoms with Gasteiger partial charge in [0.05, 0.1) is 5.52 Å². The van der Waals surface area contributed by atoms with Crippen LogP contribution in [0.3, 0.4) is 0 Å². The average Bonchev–Trinajstić information content (AvgIpc) is 3.27. The van der Waals surface area contributed by atoms with E-state index in [2.05, 4.69) is 46.8 Å². The van der Waals surface area contributed by atoms with Crippen LogP contribution in [-0.4, -0.2) is 43.0 Å². The molecule has 0 saturated heterocycles. The Bertz CT molecular complexity index is 1330. The Balaban J connectivity index is 0.000000383. The SMILES string of the molecule is Cc1nc2nccc(-c3cc4ccc(C(=O)CC(C)(C)C)cc4[nH]3)c2[nH]1.O=C(O)C(F)(F)F. The molecule has 0 amide bonds. The number of carbonyl (C=O) groups excluding carboxylic acids is 1. The van der Waals surface area contributed by atoms with Crippen molar-refractivity contribution in [3.8, 4) is 11.3 Å². The quantitative estimate of drug-likeness (QED) is 0.341. The first-order valence-corrected chi connectivity index (χ1v) is 10.0. The van der Waals surface area contributed by atoms with Gasteiger partial charge in [-0.25, -0.2) is 14.8 Å². The highest BCUT2D eigenvalue weighted by Gasteiger charge is 2.38. The number of nitrogens with zero attached hydrogens (tertiary/aromatic N) is 2. The highest BCUT2D eigenvalue weighted by atomic mass is 19.4. The molecule has 3 N–H and O–H groups in total. The molecule has 0 aliphatic rings. The number of carboxylic acids is 1. The van der Waals surface area contributed by atoms with Gasteiger partial charge >= 0.3 is 12.1 Å². The molecule has 7 nitrogen and oxygen atoms in total. The van der Waals surface area contributed by atoms with Gasteiger partial charge in [0, 0.05) is 40.3 Å². The zero-order valence-electron chi connectivity index (χ0n) is 18.5. The Labute approximate surface area is 187 Å². The third-order valence-corrected chi connectivity index (χ3v) is 4.68. The van der Waals surface area contributed by atoms with Crippen LogP contribution in [-0.2, 0) is 4.79 Å². The van der Waals surface area contributed by atoms with Crippen molar-refractivity contribution in [3.63, 3.8) is 0 Å². The maximum Gasteiger partial charge on any atom is 0.490 e. The summed E-state index contributed by atoms with van der Waals surface area (Å²) in [6, 6.07) is 9.93. The van der Waals surface area contributed by atoms with Crippen molar-refractivity contribution in [1.29, 1.82) is 0 Å². The second-order valence-corrected chi connectivity index (χ2v) is 8.83. The minimum absolute atomic E-state index is 0.0198. The molecule has 0 spiro atoms. The van der Waals surface area contributed by atoms with E-state index >= 15 is 0 Å². The number of rotatable bonds is 3. The van der Waals surface area contributed by atoms with Crippen LogP contribution in [0.25, 0.3) is 33.3 Å². The molecule has 0 atom stereocenters. The lowest BCUT2D eigenvalue weighted by atomic mass is 9.88. The fraction of sp³-hybridized carbons (Fsp3) is 0.304. The molecular formula is C23H23F3N4O3. The number of pyridine rings is 1. The maximum absolute atomic E-state index is 12.5. The summed E-state index contributed by atoms with van der Waals surface area (Å²) in [6.07, 6.45) is -2.79. The number of halogens is 3. The molecule has 0 bridgehead atoms. The van der Waals surface area contributed by atoms with Gasteiger partial charge in [-0.1, -0.05) is 32.9 Å². The topological polar surface area (TPSA) is 112 Å². The zero-order valence-corrected chi connectivity index (χ0v) is 18.5. The molecule has 3 heterocycles. The Morgan fingerprint density at radius 2 is 1.73 bits per heavy atom. The van der Waals surface area contributed by atoms with Gasteiger partial charge in [0.1, 0.15) is 5.82 Å². The van der Waals surface area contributed by atoms with Gasteiger partial charge in [-0.2, -0.15) is 13.2 Å². The van der Waals surface area contributed by atoms with E-state index in [4.69, 9.17) is 9.90 Å². The van der Waals surface area contributed by atoms with Crippen LogP contribution >= 0.6 is 0 Å². The minimum atomic E-state index is -5.08. The van der Waals surface area contributed by atoms with Gasteiger partial charge in [0.15, 0.2) is 11.4 Å². The summed E-state index contributed by atoms with van der Waals surface area (Å²) in [5, 5.41) is 8.20. The lowest BCUT2D eigenvalue weighted by Crippen LogP contribution is -2.21.